The van der Waals surface area contributed by atoms with Gasteiger partial charge in [0.2, 0.25) is 5.91 Å². The minimum absolute atomic E-state index is 0.121. The third-order valence-corrected chi connectivity index (χ3v) is 6.26. The van der Waals surface area contributed by atoms with Crippen LogP contribution in [0.3, 0.4) is 0 Å². The van der Waals surface area contributed by atoms with Gasteiger partial charge in [-0.15, -0.1) is 0 Å². The fraction of sp³-hybridized carbons (Fsp3) is 0.0455. The number of thioether (sulfide) groups is 1. The first-order chi connectivity index (χ1) is 14.0. The van der Waals surface area contributed by atoms with Crippen molar-refractivity contribution in [2.45, 2.75) is 0 Å². The lowest BCUT2D eigenvalue weighted by atomic mass is 10.1. The van der Waals surface area contributed by atoms with E-state index in [-0.39, 0.29) is 18.4 Å². The van der Waals surface area contributed by atoms with Crippen molar-refractivity contribution in [2.75, 3.05) is 11.9 Å². The number of rotatable bonds is 4. The van der Waals surface area contributed by atoms with Crippen LogP contribution in [0, 0.1) is 0 Å². The van der Waals surface area contributed by atoms with Gasteiger partial charge in [-0.05, 0) is 35.2 Å². The number of halogens is 1. The normalized spacial score (nSPS) is 15.3. The number of hydrogen-bond donors (Lipinski definition) is 1. The third-order valence-electron chi connectivity index (χ3n) is 4.39. The third kappa shape index (κ3) is 4.42. The molecule has 144 valence electrons. The first-order valence-electron chi connectivity index (χ1n) is 8.80. The van der Waals surface area contributed by atoms with Gasteiger partial charge in [-0.25, -0.2) is 0 Å². The monoisotopic (exact) mass is 482 g/mol. The molecule has 1 aliphatic rings. The van der Waals surface area contributed by atoms with Crippen LogP contribution in [-0.4, -0.2) is 27.6 Å². The number of nitrogens with one attached hydrogen (secondary N) is 1. The zero-order valence-corrected chi connectivity index (χ0v) is 18.3. The largest absolute Gasteiger partial charge is 0.324 e. The number of thiocarbonyl (C=S) groups is 1. The van der Waals surface area contributed by atoms with Crippen LogP contribution >= 0.6 is 39.9 Å². The molecule has 0 atom stereocenters. The highest BCUT2D eigenvalue weighted by atomic mass is 79.9. The van der Waals surface area contributed by atoms with Crippen LogP contribution in [0.2, 0.25) is 0 Å². The lowest BCUT2D eigenvalue weighted by Crippen LogP contribution is -2.36. The number of anilines is 1. The molecule has 0 bridgehead atoms. The standard InChI is InChI=1S/C22H15BrN2O2S2/c23-16-8-3-5-14(11-16)12-19-21(27)25(22(28)29-19)13-20(26)24-18-10-4-7-15-6-1-2-9-17(15)18/h1-12H,13H2,(H,24,26)/b19-12+. The molecule has 0 unspecified atom stereocenters. The Morgan fingerprint density at radius 3 is 2.69 bits per heavy atom. The van der Waals surface area contributed by atoms with Gasteiger partial charge in [0.1, 0.15) is 10.9 Å². The number of benzene rings is 3. The Balaban J connectivity index is 1.49. The number of amides is 2. The lowest BCUT2D eigenvalue weighted by molar-refractivity contribution is -0.126. The highest BCUT2D eigenvalue weighted by molar-refractivity contribution is 9.10. The highest BCUT2D eigenvalue weighted by Crippen LogP contribution is 2.33. The summed E-state index contributed by atoms with van der Waals surface area (Å²) < 4.78 is 1.31. The minimum atomic E-state index is -0.290. The molecule has 3 aromatic carbocycles. The maximum atomic E-state index is 12.8. The summed E-state index contributed by atoms with van der Waals surface area (Å²) in [5.74, 6) is -0.547. The van der Waals surface area contributed by atoms with E-state index in [0.717, 1.165) is 20.8 Å². The van der Waals surface area contributed by atoms with Gasteiger partial charge in [-0.1, -0.05) is 88.4 Å². The summed E-state index contributed by atoms with van der Waals surface area (Å²) in [5.41, 5.74) is 1.60. The molecule has 7 heteroatoms. The van der Waals surface area contributed by atoms with Crippen LogP contribution in [-0.2, 0) is 9.59 Å². The first kappa shape index (κ1) is 19.8. The summed E-state index contributed by atoms with van der Waals surface area (Å²) in [5, 5.41) is 4.88. The average molecular weight is 483 g/mol. The van der Waals surface area contributed by atoms with Gasteiger partial charge >= 0.3 is 0 Å². The molecule has 2 amide bonds. The summed E-state index contributed by atoms with van der Waals surface area (Å²) in [4.78, 5) is 27.2. The van der Waals surface area contributed by atoms with E-state index >= 15 is 0 Å². The Hall–Kier alpha value is -2.48. The van der Waals surface area contributed by atoms with Gasteiger partial charge in [0.15, 0.2) is 0 Å². The fourth-order valence-corrected chi connectivity index (χ4v) is 4.72. The van der Waals surface area contributed by atoms with Crippen LogP contribution in [0.1, 0.15) is 5.56 Å². The van der Waals surface area contributed by atoms with E-state index in [4.69, 9.17) is 12.2 Å². The summed E-state index contributed by atoms with van der Waals surface area (Å²) in [7, 11) is 0. The van der Waals surface area contributed by atoms with E-state index in [2.05, 4.69) is 21.2 Å². The van der Waals surface area contributed by atoms with Gasteiger partial charge in [0, 0.05) is 15.5 Å². The molecule has 1 N–H and O–H groups in total. The number of nitrogens with zero attached hydrogens (tertiary/aromatic N) is 1. The molecule has 1 fully saturated rings. The maximum Gasteiger partial charge on any atom is 0.266 e. The summed E-state index contributed by atoms with van der Waals surface area (Å²) in [6, 6.07) is 21.2. The predicted octanol–water partition coefficient (Wildman–Crippen LogP) is 5.44. The average Bonchev–Trinajstić information content (AvgIpc) is 2.96. The molecule has 1 aliphatic heterocycles. The van der Waals surface area contributed by atoms with Crippen molar-refractivity contribution in [1.29, 1.82) is 0 Å². The second kappa shape index (κ2) is 8.49. The molecular weight excluding hydrogens is 468 g/mol. The Kier molecular flexibility index (Phi) is 5.80. The number of hydrogen-bond acceptors (Lipinski definition) is 4. The Bertz CT molecular complexity index is 1170. The summed E-state index contributed by atoms with van der Waals surface area (Å²) in [6.45, 7) is -0.121. The van der Waals surface area contributed by atoms with E-state index in [0.29, 0.717) is 14.9 Å². The predicted molar refractivity (Wildman–Crippen MR) is 127 cm³/mol. The molecule has 0 saturated carbocycles. The van der Waals surface area contributed by atoms with Gasteiger partial charge < -0.3 is 5.32 Å². The van der Waals surface area contributed by atoms with Crippen LogP contribution in [0.15, 0.2) is 76.1 Å². The number of carbonyl (C=O) groups is 2. The Morgan fingerprint density at radius 1 is 1.10 bits per heavy atom. The minimum Gasteiger partial charge on any atom is -0.324 e. The van der Waals surface area contributed by atoms with Gasteiger partial charge in [-0.2, -0.15) is 0 Å². The molecule has 1 heterocycles. The lowest BCUT2D eigenvalue weighted by Gasteiger charge is -2.15. The van der Waals surface area contributed by atoms with Crippen molar-refractivity contribution in [1.82, 2.24) is 4.90 Å². The first-order valence-corrected chi connectivity index (χ1v) is 10.8. The number of fused-ring (bicyclic) bond motifs is 1. The van der Waals surface area contributed by atoms with E-state index in [9.17, 15) is 9.59 Å². The highest BCUT2D eigenvalue weighted by Gasteiger charge is 2.33. The molecule has 1 saturated heterocycles. The quantitative estimate of drug-likeness (QED) is 0.397. The molecule has 0 spiro atoms. The molecule has 3 aromatic rings. The maximum absolute atomic E-state index is 12.8. The van der Waals surface area contributed by atoms with Crippen LogP contribution in [0.5, 0.6) is 0 Å². The topological polar surface area (TPSA) is 49.4 Å². The van der Waals surface area contributed by atoms with Crippen LogP contribution in [0.25, 0.3) is 16.8 Å². The van der Waals surface area contributed by atoms with E-state index in [1.165, 1.54) is 16.7 Å². The van der Waals surface area contributed by atoms with Crippen molar-refractivity contribution >= 4 is 78.6 Å². The van der Waals surface area contributed by atoms with Gasteiger partial charge in [0.05, 0.1) is 4.91 Å². The molecule has 4 nitrogen and oxygen atoms in total. The molecule has 0 aromatic heterocycles. The Morgan fingerprint density at radius 2 is 1.86 bits per heavy atom. The molecule has 4 rings (SSSR count). The summed E-state index contributed by atoms with van der Waals surface area (Å²) >= 11 is 9.96. The smallest absolute Gasteiger partial charge is 0.266 e. The second-order valence-electron chi connectivity index (χ2n) is 6.40. The van der Waals surface area contributed by atoms with Gasteiger partial charge in [0.25, 0.3) is 5.91 Å². The van der Waals surface area contributed by atoms with Crippen molar-refractivity contribution in [2.24, 2.45) is 0 Å². The van der Waals surface area contributed by atoms with E-state index < -0.39 is 0 Å². The fourth-order valence-electron chi connectivity index (χ4n) is 3.05. The van der Waals surface area contributed by atoms with Crippen molar-refractivity contribution in [3.63, 3.8) is 0 Å². The molecule has 29 heavy (non-hydrogen) atoms. The zero-order chi connectivity index (χ0) is 20.4. The zero-order valence-electron chi connectivity index (χ0n) is 15.1. The molecule has 0 aliphatic carbocycles. The van der Waals surface area contributed by atoms with Gasteiger partial charge in [-0.3, -0.25) is 14.5 Å². The van der Waals surface area contributed by atoms with Crippen molar-refractivity contribution in [3.05, 3.63) is 81.7 Å². The number of carbonyl (C=O) groups excluding carboxylic acids is 2. The molecular formula is C22H15BrN2O2S2. The summed E-state index contributed by atoms with van der Waals surface area (Å²) in [6.07, 6.45) is 1.78. The van der Waals surface area contributed by atoms with Crippen LogP contribution in [0.4, 0.5) is 5.69 Å². The van der Waals surface area contributed by atoms with Crippen molar-refractivity contribution < 1.29 is 9.59 Å². The molecule has 0 radical (unpaired) electrons. The second-order valence-corrected chi connectivity index (χ2v) is 8.99. The van der Waals surface area contributed by atoms with E-state index in [1.54, 1.807) is 6.08 Å². The Labute approximate surface area is 186 Å². The van der Waals surface area contributed by atoms with Crippen LogP contribution < -0.4 is 5.32 Å². The van der Waals surface area contributed by atoms with E-state index in [1.807, 2.05) is 66.7 Å². The van der Waals surface area contributed by atoms with Crippen molar-refractivity contribution in [3.8, 4) is 0 Å². The SMILES string of the molecule is O=C(CN1C(=O)/C(=C\c2cccc(Br)c2)SC1=S)Nc1cccc2ccccc12.